The Kier molecular flexibility index (Phi) is 3.92. The number of nitrogen functional groups attached to an aromatic ring is 1. The average molecular weight is 372 g/mol. The molecule has 0 atom stereocenters. The van der Waals surface area contributed by atoms with E-state index in [9.17, 15) is 14.0 Å². The number of hydrogen-bond acceptors (Lipinski definition) is 7. The van der Waals surface area contributed by atoms with Crippen molar-refractivity contribution in [3.05, 3.63) is 56.6 Å². The summed E-state index contributed by atoms with van der Waals surface area (Å²) in [6.45, 7) is 0.148. The number of halogens is 1. The summed E-state index contributed by atoms with van der Waals surface area (Å²) in [6, 6.07) is 0. The van der Waals surface area contributed by atoms with Crippen molar-refractivity contribution >= 4 is 5.52 Å². The second kappa shape index (κ2) is 6.16. The lowest BCUT2D eigenvalue weighted by atomic mass is 10.0. The van der Waals surface area contributed by atoms with Gasteiger partial charge in [0.2, 0.25) is 0 Å². The molecule has 4 rings (SSSR count). The van der Waals surface area contributed by atoms with E-state index < -0.39 is 17.1 Å². The molecule has 0 unspecified atom stereocenters. The maximum atomic E-state index is 14.9. The Morgan fingerprint density at radius 3 is 2.52 bits per heavy atom. The molecule has 9 nitrogen and oxygen atoms in total. The standard InChI is InChI=1S/C17H17FN6O3/c1-27-15-12(9-5-21-11(4-19)22-6-9)10(18)7-23-14(15)13(8-2-3-8)16(25)24(20)17(23)26/h5-8H,2-4,19-20H2,1H3. The van der Waals surface area contributed by atoms with Crippen LogP contribution in [0.2, 0.25) is 0 Å². The zero-order valence-corrected chi connectivity index (χ0v) is 14.5. The predicted molar refractivity (Wildman–Crippen MR) is 95.5 cm³/mol. The molecule has 0 aliphatic heterocycles. The first kappa shape index (κ1) is 17.2. The maximum absolute atomic E-state index is 14.9. The lowest BCUT2D eigenvalue weighted by molar-refractivity contribution is 0.414. The Bertz CT molecular complexity index is 1160. The third kappa shape index (κ3) is 2.56. The van der Waals surface area contributed by atoms with Gasteiger partial charge in [0.25, 0.3) is 5.56 Å². The van der Waals surface area contributed by atoms with E-state index in [1.165, 1.54) is 19.5 Å². The van der Waals surface area contributed by atoms with Gasteiger partial charge in [0.05, 0.1) is 31.0 Å². The number of pyridine rings is 1. The fraction of sp³-hybridized carbons (Fsp3) is 0.294. The van der Waals surface area contributed by atoms with Gasteiger partial charge in [-0.05, 0) is 18.8 Å². The van der Waals surface area contributed by atoms with Crippen LogP contribution in [0.25, 0.3) is 16.6 Å². The molecule has 0 radical (unpaired) electrons. The Labute approximate surface area is 152 Å². The van der Waals surface area contributed by atoms with Crippen molar-refractivity contribution in [1.29, 1.82) is 0 Å². The fourth-order valence-electron chi connectivity index (χ4n) is 3.21. The summed E-state index contributed by atoms with van der Waals surface area (Å²) in [5, 5.41) is 0. The first-order valence-corrected chi connectivity index (χ1v) is 8.32. The molecule has 1 aliphatic carbocycles. The van der Waals surface area contributed by atoms with Gasteiger partial charge in [-0.2, -0.15) is 4.68 Å². The quantitative estimate of drug-likeness (QED) is 0.622. The van der Waals surface area contributed by atoms with Crippen LogP contribution < -0.4 is 27.6 Å². The van der Waals surface area contributed by atoms with Crippen molar-refractivity contribution < 1.29 is 9.13 Å². The number of ether oxygens (including phenoxy) is 1. The molecule has 0 amide bonds. The van der Waals surface area contributed by atoms with E-state index >= 15 is 0 Å². The first-order chi connectivity index (χ1) is 13.0. The predicted octanol–water partition coefficient (Wildman–Crippen LogP) is 0.116. The van der Waals surface area contributed by atoms with E-state index in [4.69, 9.17) is 16.3 Å². The molecular formula is C17H17FN6O3. The van der Waals surface area contributed by atoms with Crippen LogP contribution in [0.3, 0.4) is 0 Å². The molecule has 0 spiro atoms. The summed E-state index contributed by atoms with van der Waals surface area (Å²) < 4.78 is 21.9. The van der Waals surface area contributed by atoms with Crippen molar-refractivity contribution in [2.24, 2.45) is 5.73 Å². The van der Waals surface area contributed by atoms with Crippen LogP contribution in [-0.4, -0.2) is 26.2 Å². The minimum Gasteiger partial charge on any atom is -0.494 e. The SMILES string of the molecule is COc1c(-c2cnc(CN)nc2)c(F)cn2c(=O)n(N)c(=O)c(C3CC3)c12. The molecule has 3 heterocycles. The zero-order chi connectivity index (χ0) is 19.3. The molecule has 1 fully saturated rings. The third-order valence-corrected chi connectivity index (χ3v) is 4.65. The summed E-state index contributed by atoms with van der Waals surface area (Å²) in [5.41, 5.74) is 5.01. The van der Waals surface area contributed by atoms with Gasteiger partial charge in [0.15, 0.2) is 11.6 Å². The second-order valence-electron chi connectivity index (χ2n) is 6.34. The third-order valence-electron chi connectivity index (χ3n) is 4.65. The Morgan fingerprint density at radius 2 is 1.96 bits per heavy atom. The number of nitrogens with two attached hydrogens (primary N) is 2. The van der Waals surface area contributed by atoms with E-state index in [0.29, 0.717) is 21.6 Å². The lowest BCUT2D eigenvalue weighted by Crippen LogP contribution is -2.44. The van der Waals surface area contributed by atoms with E-state index in [1.54, 1.807) is 0 Å². The van der Waals surface area contributed by atoms with Crippen molar-refractivity contribution in [3.63, 3.8) is 0 Å². The van der Waals surface area contributed by atoms with Gasteiger partial charge in [0, 0.05) is 18.0 Å². The molecule has 10 heteroatoms. The highest BCUT2D eigenvalue weighted by Gasteiger charge is 2.33. The van der Waals surface area contributed by atoms with Gasteiger partial charge in [0.1, 0.15) is 11.3 Å². The highest BCUT2D eigenvalue weighted by Crippen LogP contribution is 2.44. The highest BCUT2D eigenvalue weighted by molar-refractivity contribution is 5.81. The number of methoxy groups -OCH3 is 1. The number of hydrogen-bond donors (Lipinski definition) is 2. The second-order valence-corrected chi connectivity index (χ2v) is 6.34. The van der Waals surface area contributed by atoms with Crippen LogP contribution in [0.4, 0.5) is 4.39 Å². The molecule has 3 aromatic rings. The first-order valence-electron chi connectivity index (χ1n) is 8.32. The van der Waals surface area contributed by atoms with Gasteiger partial charge in [-0.1, -0.05) is 0 Å². The Hall–Kier alpha value is -3.27. The molecule has 0 aromatic carbocycles. The molecule has 140 valence electrons. The van der Waals surface area contributed by atoms with E-state index in [2.05, 4.69) is 9.97 Å². The van der Waals surface area contributed by atoms with Crippen LogP contribution in [0.15, 0.2) is 28.2 Å². The molecule has 0 bridgehead atoms. The van der Waals surface area contributed by atoms with Gasteiger partial charge in [-0.3, -0.25) is 9.20 Å². The summed E-state index contributed by atoms with van der Waals surface area (Å²) >= 11 is 0. The van der Waals surface area contributed by atoms with E-state index in [-0.39, 0.29) is 29.3 Å². The molecule has 1 saturated carbocycles. The van der Waals surface area contributed by atoms with Crippen molar-refractivity contribution in [2.75, 3.05) is 13.0 Å². The van der Waals surface area contributed by atoms with Crippen LogP contribution in [0.5, 0.6) is 5.75 Å². The molecule has 3 aromatic heterocycles. The van der Waals surface area contributed by atoms with Crippen LogP contribution in [0.1, 0.15) is 30.1 Å². The maximum Gasteiger partial charge on any atom is 0.354 e. The summed E-state index contributed by atoms with van der Waals surface area (Å²) in [4.78, 5) is 33.2. The number of rotatable bonds is 4. The fourth-order valence-corrected chi connectivity index (χ4v) is 3.21. The topological polar surface area (TPSA) is 131 Å². The number of fused-ring (bicyclic) bond motifs is 1. The van der Waals surface area contributed by atoms with Gasteiger partial charge in [-0.25, -0.2) is 19.2 Å². The summed E-state index contributed by atoms with van der Waals surface area (Å²) in [7, 11) is 1.35. The van der Waals surface area contributed by atoms with Crippen LogP contribution in [-0.2, 0) is 6.54 Å². The summed E-state index contributed by atoms with van der Waals surface area (Å²) in [6.07, 6.45) is 5.42. The molecular weight excluding hydrogens is 355 g/mol. The monoisotopic (exact) mass is 372 g/mol. The smallest absolute Gasteiger partial charge is 0.354 e. The largest absolute Gasteiger partial charge is 0.494 e. The average Bonchev–Trinajstić information content (AvgIpc) is 3.51. The molecule has 27 heavy (non-hydrogen) atoms. The molecule has 4 N–H and O–H groups in total. The minimum absolute atomic E-state index is 0.0500. The molecule has 1 aliphatic rings. The lowest BCUT2D eigenvalue weighted by Gasteiger charge is -2.17. The Morgan fingerprint density at radius 1 is 1.30 bits per heavy atom. The van der Waals surface area contributed by atoms with Crippen LogP contribution >= 0.6 is 0 Å². The zero-order valence-electron chi connectivity index (χ0n) is 14.5. The van der Waals surface area contributed by atoms with Crippen molar-refractivity contribution in [3.8, 4) is 16.9 Å². The minimum atomic E-state index is -0.849. The normalized spacial score (nSPS) is 13.9. The van der Waals surface area contributed by atoms with Gasteiger partial charge in [-0.15, -0.1) is 0 Å². The van der Waals surface area contributed by atoms with E-state index in [0.717, 1.165) is 23.4 Å². The van der Waals surface area contributed by atoms with Crippen molar-refractivity contribution in [1.82, 2.24) is 19.0 Å². The number of nitrogens with zero attached hydrogens (tertiary/aromatic N) is 4. The van der Waals surface area contributed by atoms with E-state index in [1.807, 2.05) is 0 Å². The van der Waals surface area contributed by atoms with Crippen molar-refractivity contribution in [2.45, 2.75) is 25.3 Å². The highest BCUT2D eigenvalue weighted by atomic mass is 19.1. The van der Waals surface area contributed by atoms with Crippen LogP contribution in [0, 0.1) is 5.82 Å². The number of aromatic nitrogens is 4. The molecule has 0 saturated heterocycles. The Balaban J connectivity index is 2.13. The van der Waals surface area contributed by atoms with Gasteiger partial charge < -0.3 is 16.3 Å². The summed E-state index contributed by atoms with van der Waals surface area (Å²) in [5.74, 6) is 5.30. The van der Waals surface area contributed by atoms with Gasteiger partial charge >= 0.3 is 5.69 Å².